The first-order chi connectivity index (χ1) is 5.99. The molecule has 0 fully saturated rings. The van der Waals surface area contributed by atoms with Crippen LogP contribution in [0.1, 0.15) is 5.56 Å². The largest absolute Gasteiger partial charge is 0.508 e. The molecular formula is C8H11NO3S. The Balaban J connectivity index is 2.71. The number of aryl methyl sites for hydroxylation is 1. The summed E-state index contributed by atoms with van der Waals surface area (Å²) in [6.45, 7) is 0. The number of para-hydroxylation sites is 1. The standard InChI is InChI=1S/C8H11NO3S/c9-13(11,12)6-5-7-3-1-2-4-8(7)10/h1-4,10H,5-6H2,(H2,9,11,12). The van der Waals surface area contributed by atoms with Gasteiger partial charge in [-0.1, -0.05) is 18.2 Å². The fourth-order valence-corrected chi connectivity index (χ4v) is 1.48. The number of phenolic OH excluding ortho intramolecular Hbond substituents is 1. The van der Waals surface area contributed by atoms with Gasteiger partial charge in [0, 0.05) is 0 Å². The predicted molar refractivity (Wildman–Crippen MR) is 49.8 cm³/mol. The lowest BCUT2D eigenvalue weighted by molar-refractivity contribution is 0.469. The van der Waals surface area contributed by atoms with Gasteiger partial charge in [-0.3, -0.25) is 0 Å². The minimum atomic E-state index is -3.45. The van der Waals surface area contributed by atoms with Crippen molar-refractivity contribution in [1.82, 2.24) is 0 Å². The molecule has 0 heterocycles. The molecule has 0 radical (unpaired) electrons. The molecule has 0 aliphatic heterocycles. The van der Waals surface area contributed by atoms with E-state index < -0.39 is 10.0 Å². The molecule has 1 aromatic rings. The fourth-order valence-electron chi connectivity index (χ4n) is 0.974. The second-order valence-corrected chi connectivity index (χ2v) is 4.48. The van der Waals surface area contributed by atoms with Gasteiger partial charge in [0.05, 0.1) is 5.75 Å². The van der Waals surface area contributed by atoms with Crippen molar-refractivity contribution in [2.75, 3.05) is 5.75 Å². The number of hydrogen-bond donors (Lipinski definition) is 2. The Morgan fingerprint density at radius 3 is 2.46 bits per heavy atom. The van der Waals surface area contributed by atoms with Crippen LogP contribution in [-0.2, 0) is 16.4 Å². The van der Waals surface area contributed by atoms with E-state index in [2.05, 4.69) is 0 Å². The zero-order chi connectivity index (χ0) is 9.90. The van der Waals surface area contributed by atoms with Gasteiger partial charge in [0.2, 0.25) is 10.0 Å². The van der Waals surface area contributed by atoms with E-state index in [0.717, 1.165) is 0 Å². The van der Waals surface area contributed by atoms with Crippen LogP contribution >= 0.6 is 0 Å². The van der Waals surface area contributed by atoms with E-state index in [1.54, 1.807) is 18.2 Å². The van der Waals surface area contributed by atoms with Crippen LogP contribution in [0.25, 0.3) is 0 Å². The van der Waals surface area contributed by atoms with E-state index in [-0.39, 0.29) is 17.9 Å². The summed E-state index contributed by atoms with van der Waals surface area (Å²) in [6, 6.07) is 6.59. The van der Waals surface area contributed by atoms with E-state index in [1.807, 2.05) is 0 Å². The topological polar surface area (TPSA) is 80.4 Å². The predicted octanol–water partition coefficient (Wildman–Crippen LogP) is 0.223. The summed E-state index contributed by atoms with van der Waals surface area (Å²) in [4.78, 5) is 0. The third kappa shape index (κ3) is 3.43. The lowest BCUT2D eigenvalue weighted by Gasteiger charge is -2.01. The van der Waals surface area contributed by atoms with E-state index in [4.69, 9.17) is 5.14 Å². The molecule has 0 aromatic heterocycles. The maximum absolute atomic E-state index is 10.6. The highest BCUT2D eigenvalue weighted by molar-refractivity contribution is 7.89. The van der Waals surface area contributed by atoms with Crippen LogP contribution in [-0.4, -0.2) is 19.3 Å². The van der Waals surface area contributed by atoms with Crippen LogP contribution in [0.15, 0.2) is 24.3 Å². The quantitative estimate of drug-likeness (QED) is 0.734. The number of primary sulfonamides is 1. The number of benzene rings is 1. The second-order valence-electron chi connectivity index (χ2n) is 2.75. The summed E-state index contributed by atoms with van der Waals surface area (Å²) in [6.07, 6.45) is 0.242. The van der Waals surface area contributed by atoms with Crippen molar-refractivity contribution in [3.8, 4) is 5.75 Å². The van der Waals surface area contributed by atoms with Crippen LogP contribution < -0.4 is 5.14 Å². The molecule has 0 aliphatic carbocycles. The smallest absolute Gasteiger partial charge is 0.209 e. The molecule has 0 spiro atoms. The molecule has 0 aliphatic rings. The zero-order valence-electron chi connectivity index (χ0n) is 6.97. The SMILES string of the molecule is NS(=O)(=O)CCc1ccccc1O. The first kappa shape index (κ1) is 10.0. The summed E-state index contributed by atoms with van der Waals surface area (Å²) in [5.74, 6) is -0.0453. The average molecular weight is 201 g/mol. The van der Waals surface area contributed by atoms with E-state index in [0.29, 0.717) is 5.56 Å². The van der Waals surface area contributed by atoms with Crippen molar-refractivity contribution in [1.29, 1.82) is 0 Å². The van der Waals surface area contributed by atoms with Gasteiger partial charge >= 0.3 is 0 Å². The van der Waals surface area contributed by atoms with Crippen molar-refractivity contribution in [3.05, 3.63) is 29.8 Å². The number of hydrogen-bond acceptors (Lipinski definition) is 3. The molecule has 0 bridgehead atoms. The van der Waals surface area contributed by atoms with Crippen molar-refractivity contribution < 1.29 is 13.5 Å². The summed E-state index contributed by atoms with van der Waals surface area (Å²) < 4.78 is 21.2. The van der Waals surface area contributed by atoms with Gasteiger partial charge in [-0.25, -0.2) is 13.6 Å². The van der Waals surface area contributed by atoms with E-state index in [9.17, 15) is 13.5 Å². The van der Waals surface area contributed by atoms with Crippen molar-refractivity contribution >= 4 is 10.0 Å². The fraction of sp³-hybridized carbons (Fsp3) is 0.250. The van der Waals surface area contributed by atoms with E-state index >= 15 is 0 Å². The summed E-state index contributed by atoms with van der Waals surface area (Å²) in [7, 11) is -3.45. The average Bonchev–Trinajstić information content (AvgIpc) is 2.01. The Morgan fingerprint density at radius 2 is 1.92 bits per heavy atom. The number of phenols is 1. The van der Waals surface area contributed by atoms with Crippen molar-refractivity contribution in [2.45, 2.75) is 6.42 Å². The molecule has 13 heavy (non-hydrogen) atoms. The maximum Gasteiger partial charge on any atom is 0.209 e. The molecule has 0 atom stereocenters. The van der Waals surface area contributed by atoms with Crippen LogP contribution in [0.5, 0.6) is 5.75 Å². The number of aromatic hydroxyl groups is 1. The molecule has 5 heteroatoms. The van der Waals surface area contributed by atoms with E-state index in [1.165, 1.54) is 6.07 Å². The summed E-state index contributed by atoms with van der Waals surface area (Å²) in [5.41, 5.74) is 0.594. The molecule has 0 saturated carbocycles. The van der Waals surface area contributed by atoms with Gasteiger partial charge in [0.15, 0.2) is 0 Å². The number of nitrogens with two attached hydrogens (primary N) is 1. The second kappa shape index (κ2) is 3.76. The Hall–Kier alpha value is -1.07. The van der Waals surface area contributed by atoms with Gasteiger partial charge in [-0.15, -0.1) is 0 Å². The first-order valence-corrected chi connectivity index (χ1v) is 5.48. The molecule has 0 amide bonds. The Kier molecular flexibility index (Phi) is 2.90. The maximum atomic E-state index is 10.6. The van der Waals surface area contributed by atoms with Crippen molar-refractivity contribution in [3.63, 3.8) is 0 Å². The molecule has 1 aromatic carbocycles. The Bertz CT molecular complexity index is 386. The highest BCUT2D eigenvalue weighted by atomic mass is 32.2. The number of sulfonamides is 1. The van der Waals surface area contributed by atoms with Crippen LogP contribution in [0, 0.1) is 0 Å². The molecule has 3 N–H and O–H groups in total. The lowest BCUT2D eigenvalue weighted by atomic mass is 10.1. The minimum absolute atomic E-state index is 0.103. The highest BCUT2D eigenvalue weighted by Crippen LogP contribution is 2.15. The van der Waals surface area contributed by atoms with Crippen LogP contribution in [0.3, 0.4) is 0 Å². The highest BCUT2D eigenvalue weighted by Gasteiger charge is 2.05. The van der Waals surface area contributed by atoms with Crippen molar-refractivity contribution in [2.24, 2.45) is 5.14 Å². The molecular weight excluding hydrogens is 190 g/mol. The lowest BCUT2D eigenvalue weighted by Crippen LogP contribution is -2.17. The third-order valence-electron chi connectivity index (χ3n) is 1.65. The third-order valence-corrected chi connectivity index (χ3v) is 2.42. The summed E-state index contributed by atoms with van der Waals surface area (Å²) >= 11 is 0. The van der Waals surface area contributed by atoms with Gasteiger partial charge in [0.25, 0.3) is 0 Å². The zero-order valence-corrected chi connectivity index (χ0v) is 7.79. The van der Waals surface area contributed by atoms with Gasteiger partial charge in [-0.05, 0) is 18.1 Å². The van der Waals surface area contributed by atoms with Crippen LogP contribution in [0.2, 0.25) is 0 Å². The minimum Gasteiger partial charge on any atom is -0.508 e. The molecule has 4 nitrogen and oxygen atoms in total. The molecule has 0 saturated heterocycles. The first-order valence-electron chi connectivity index (χ1n) is 3.76. The van der Waals surface area contributed by atoms with Crippen LogP contribution in [0.4, 0.5) is 0 Å². The summed E-state index contributed by atoms with van der Waals surface area (Å²) in [5, 5.41) is 14.1. The number of rotatable bonds is 3. The normalized spacial score (nSPS) is 11.5. The molecule has 0 unspecified atom stereocenters. The molecule has 72 valence electrons. The van der Waals surface area contributed by atoms with Gasteiger partial charge < -0.3 is 5.11 Å². The Labute approximate surface area is 77.1 Å². The van der Waals surface area contributed by atoms with Gasteiger partial charge in [0.1, 0.15) is 5.75 Å². The van der Waals surface area contributed by atoms with Gasteiger partial charge in [-0.2, -0.15) is 0 Å². The molecule has 1 rings (SSSR count). The Morgan fingerprint density at radius 1 is 1.31 bits per heavy atom. The monoisotopic (exact) mass is 201 g/mol.